The highest BCUT2D eigenvalue weighted by Gasteiger charge is 2.12. The average Bonchev–Trinajstić information content (AvgIpc) is 2.72. The molecule has 0 bridgehead atoms. The van der Waals surface area contributed by atoms with Crippen molar-refractivity contribution in [1.82, 2.24) is 19.5 Å². The molecule has 2 aromatic heterocycles. The quantitative estimate of drug-likeness (QED) is 0.623. The molecule has 0 atom stereocenters. The van der Waals surface area contributed by atoms with Gasteiger partial charge >= 0.3 is 5.97 Å². The van der Waals surface area contributed by atoms with Crippen molar-refractivity contribution in [2.45, 2.75) is 20.4 Å². The summed E-state index contributed by atoms with van der Waals surface area (Å²) in [7, 11) is 0. The number of halogens is 1. The Balaban J connectivity index is 2.12. The number of fused-ring (bicyclic) bond motifs is 1. The number of carbonyl (C=O) groups excluding carboxylic acids is 1. The van der Waals surface area contributed by atoms with Gasteiger partial charge in [0.15, 0.2) is 10.8 Å². The summed E-state index contributed by atoms with van der Waals surface area (Å²) in [5, 5.41) is 0.272. The second kappa shape index (κ2) is 5.30. The third kappa shape index (κ3) is 2.76. The largest absolute Gasteiger partial charge is 0.464 e. The summed E-state index contributed by atoms with van der Waals surface area (Å²) in [5.74, 6) is -0.0111. The van der Waals surface area contributed by atoms with Crippen LogP contribution in [0.3, 0.4) is 0 Å². The number of hydrogen-bond donors (Lipinski definition) is 0. The molecule has 0 unspecified atom stereocenters. The first-order valence-corrected chi connectivity index (χ1v) is 5.92. The van der Waals surface area contributed by atoms with Crippen LogP contribution in [0.2, 0.25) is 5.15 Å². The summed E-state index contributed by atoms with van der Waals surface area (Å²) in [4.78, 5) is 23.5. The molecule has 18 heavy (non-hydrogen) atoms. The summed E-state index contributed by atoms with van der Waals surface area (Å²) in [5.41, 5.74) is 1.01. The molecule has 6 nitrogen and oxygen atoms in total. The Bertz CT molecular complexity index is 567. The smallest absolute Gasteiger partial charge is 0.326 e. The number of carbonyl (C=O) groups is 1. The van der Waals surface area contributed by atoms with Gasteiger partial charge in [-0.1, -0.05) is 25.4 Å². The van der Waals surface area contributed by atoms with E-state index in [0.29, 0.717) is 23.7 Å². The minimum atomic E-state index is -0.322. The van der Waals surface area contributed by atoms with E-state index in [0.717, 1.165) is 0 Å². The van der Waals surface area contributed by atoms with Crippen LogP contribution in [0.1, 0.15) is 13.8 Å². The molecule has 2 rings (SSSR count). The molecule has 2 aromatic rings. The Morgan fingerprint density at radius 3 is 2.94 bits per heavy atom. The molecule has 2 heterocycles. The first-order chi connectivity index (χ1) is 8.58. The number of nitrogens with zero attached hydrogens (tertiary/aromatic N) is 4. The van der Waals surface area contributed by atoms with Gasteiger partial charge in [-0.2, -0.15) is 0 Å². The van der Waals surface area contributed by atoms with Crippen molar-refractivity contribution < 1.29 is 9.53 Å². The molecule has 0 saturated carbocycles. The fourth-order valence-electron chi connectivity index (χ4n) is 1.41. The average molecular weight is 269 g/mol. The van der Waals surface area contributed by atoms with Crippen molar-refractivity contribution in [2.75, 3.05) is 6.61 Å². The van der Waals surface area contributed by atoms with Gasteiger partial charge in [-0.25, -0.2) is 15.0 Å². The lowest BCUT2D eigenvalue weighted by atomic mass is 10.2. The molecule has 0 spiro atoms. The molecule has 0 fully saturated rings. The van der Waals surface area contributed by atoms with Crippen molar-refractivity contribution in [1.29, 1.82) is 0 Å². The molecule has 7 heteroatoms. The Hall–Kier alpha value is -1.69. The number of hydrogen-bond acceptors (Lipinski definition) is 5. The van der Waals surface area contributed by atoms with Gasteiger partial charge in [-0.05, 0) is 5.92 Å². The zero-order valence-electron chi connectivity index (χ0n) is 10.1. The van der Waals surface area contributed by atoms with Crippen LogP contribution in [-0.4, -0.2) is 32.1 Å². The van der Waals surface area contributed by atoms with Crippen molar-refractivity contribution in [3.8, 4) is 0 Å². The summed E-state index contributed by atoms with van der Waals surface area (Å²) in [6, 6.07) is 0. The van der Waals surface area contributed by atoms with E-state index in [1.165, 1.54) is 12.7 Å². The summed E-state index contributed by atoms with van der Waals surface area (Å²) >= 11 is 5.87. The van der Waals surface area contributed by atoms with Gasteiger partial charge in [0.05, 0.1) is 12.9 Å². The van der Waals surface area contributed by atoms with Crippen LogP contribution in [0.25, 0.3) is 11.2 Å². The van der Waals surface area contributed by atoms with E-state index in [1.54, 1.807) is 4.57 Å². The predicted molar refractivity (Wildman–Crippen MR) is 66.1 cm³/mol. The monoisotopic (exact) mass is 268 g/mol. The predicted octanol–water partition coefficient (Wildman–Crippen LogP) is 1.68. The minimum absolute atomic E-state index is 0.0660. The lowest BCUT2D eigenvalue weighted by molar-refractivity contribution is -0.145. The first kappa shape index (κ1) is 12.8. The van der Waals surface area contributed by atoms with Crippen LogP contribution in [0.5, 0.6) is 0 Å². The number of esters is 1. The van der Waals surface area contributed by atoms with Crippen LogP contribution in [0.15, 0.2) is 12.7 Å². The van der Waals surface area contributed by atoms with E-state index >= 15 is 0 Å². The molecular formula is C11H13ClN4O2. The van der Waals surface area contributed by atoms with Crippen molar-refractivity contribution in [3.05, 3.63) is 17.8 Å². The fraction of sp³-hybridized carbons (Fsp3) is 0.455. The van der Waals surface area contributed by atoms with E-state index in [-0.39, 0.29) is 17.7 Å². The zero-order valence-corrected chi connectivity index (χ0v) is 10.9. The highest BCUT2D eigenvalue weighted by Crippen LogP contribution is 2.16. The SMILES string of the molecule is CC(C)COC(=O)Cn1cnc2c(Cl)ncnc21. The van der Waals surface area contributed by atoms with Crippen molar-refractivity contribution >= 4 is 28.7 Å². The van der Waals surface area contributed by atoms with Crippen molar-refractivity contribution in [3.63, 3.8) is 0 Å². The van der Waals surface area contributed by atoms with Gasteiger partial charge in [0, 0.05) is 0 Å². The van der Waals surface area contributed by atoms with E-state index < -0.39 is 0 Å². The van der Waals surface area contributed by atoms with Gasteiger partial charge in [0.1, 0.15) is 18.4 Å². The zero-order chi connectivity index (χ0) is 13.1. The lowest BCUT2D eigenvalue weighted by Crippen LogP contribution is -2.16. The molecule has 0 saturated heterocycles. The number of imidazole rings is 1. The molecule has 0 aromatic carbocycles. The topological polar surface area (TPSA) is 69.9 Å². The molecular weight excluding hydrogens is 256 g/mol. The van der Waals surface area contributed by atoms with E-state index in [9.17, 15) is 4.79 Å². The Morgan fingerprint density at radius 1 is 1.44 bits per heavy atom. The normalized spacial score (nSPS) is 11.1. The highest BCUT2D eigenvalue weighted by molar-refractivity contribution is 6.33. The highest BCUT2D eigenvalue weighted by atomic mass is 35.5. The lowest BCUT2D eigenvalue weighted by Gasteiger charge is -2.07. The maximum absolute atomic E-state index is 11.6. The standard InChI is InChI=1S/C11H13ClN4O2/c1-7(2)4-18-8(17)3-16-6-15-9-10(12)13-5-14-11(9)16/h5-7H,3-4H2,1-2H3. The van der Waals surface area contributed by atoms with Crippen LogP contribution in [0, 0.1) is 5.92 Å². The molecule has 0 N–H and O–H groups in total. The van der Waals surface area contributed by atoms with Gasteiger partial charge in [-0.15, -0.1) is 0 Å². The molecule has 0 aliphatic heterocycles. The Morgan fingerprint density at radius 2 is 2.22 bits per heavy atom. The Labute approximate surface area is 109 Å². The van der Waals surface area contributed by atoms with Gasteiger partial charge in [0.2, 0.25) is 0 Å². The molecule has 0 amide bonds. The van der Waals surface area contributed by atoms with E-state index in [4.69, 9.17) is 16.3 Å². The van der Waals surface area contributed by atoms with E-state index in [1.807, 2.05) is 13.8 Å². The van der Waals surface area contributed by atoms with Crippen LogP contribution >= 0.6 is 11.6 Å². The van der Waals surface area contributed by atoms with Crippen LogP contribution in [-0.2, 0) is 16.1 Å². The summed E-state index contributed by atoms with van der Waals surface area (Å²) in [6.07, 6.45) is 2.84. The molecule has 96 valence electrons. The van der Waals surface area contributed by atoms with Gasteiger partial charge < -0.3 is 9.30 Å². The second-order valence-electron chi connectivity index (χ2n) is 4.29. The third-order valence-electron chi connectivity index (χ3n) is 2.23. The van der Waals surface area contributed by atoms with E-state index in [2.05, 4.69) is 15.0 Å². The second-order valence-corrected chi connectivity index (χ2v) is 4.64. The van der Waals surface area contributed by atoms with Gasteiger partial charge in [-0.3, -0.25) is 4.79 Å². The van der Waals surface area contributed by atoms with Gasteiger partial charge in [0.25, 0.3) is 0 Å². The molecule has 0 radical (unpaired) electrons. The maximum Gasteiger partial charge on any atom is 0.326 e. The fourth-order valence-corrected chi connectivity index (χ4v) is 1.59. The third-order valence-corrected chi connectivity index (χ3v) is 2.51. The maximum atomic E-state index is 11.6. The first-order valence-electron chi connectivity index (χ1n) is 5.55. The van der Waals surface area contributed by atoms with Crippen molar-refractivity contribution in [2.24, 2.45) is 5.92 Å². The number of rotatable bonds is 4. The molecule has 0 aliphatic carbocycles. The molecule has 0 aliphatic rings. The number of ether oxygens (including phenoxy) is 1. The Kier molecular flexibility index (Phi) is 3.76. The summed E-state index contributed by atoms with van der Waals surface area (Å²) < 4.78 is 6.68. The minimum Gasteiger partial charge on any atom is -0.464 e. The summed E-state index contributed by atoms with van der Waals surface area (Å²) in [6.45, 7) is 4.43. The van der Waals surface area contributed by atoms with Crippen LogP contribution < -0.4 is 0 Å². The van der Waals surface area contributed by atoms with Crippen LogP contribution in [0.4, 0.5) is 0 Å². The number of aromatic nitrogens is 4.